The van der Waals surface area contributed by atoms with Crippen LogP contribution in [0.1, 0.15) is 13.8 Å². The summed E-state index contributed by atoms with van der Waals surface area (Å²) in [6.45, 7) is 3.66. The molecular weight excluding hydrogens is 133 g/mol. The fraction of sp³-hybridized carbons (Fsp3) is 0.800. The monoisotopic (exact) mass is 145 g/mol. The second kappa shape index (κ2) is 4.30. The molecule has 0 radical (unpaired) electrons. The van der Waals surface area contributed by atoms with E-state index in [-0.39, 0.29) is 5.92 Å². The Morgan fingerprint density at radius 3 is 2.20 bits per heavy atom. The summed E-state index contributed by atoms with van der Waals surface area (Å²) in [5.41, 5.74) is 0. The van der Waals surface area contributed by atoms with Gasteiger partial charge in [0, 0.05) is 0 Å². The van der Waals surface area contributed by atoms with E-state index in [1.54, 1.807) is 0 Å². The van der Waals surface area contributed by atoms with Gasteiger partial charge in [-0.1, -0.05) is 13.8 Å². The second-order valence-electron chi connectivity index (χ2n) is 2.32. The first kappa shape index (κ1) is 9.45. The summed E-state index contributed by atoms with van der Waals surface area (Å²) in [6, 6.07) is 0. The minimum absolute atomic E-state index is 0.0393. The van der Waals surface area contributed by atoms with Crippen molar-refractivity contribution in [2.45, 2.75) is 20.0 Å². The maximum absolute atomic E-state index is 10.8. The van der Waals surface area contributed by atoms with Crippen molar-refractivity contribution in [2.75, 3.05) is 0 Å². The third-order valence-electron chi connectivity index (χ3n) is 1.19. The smallest absolute Gasteiger partial charge is 0.326 e. The van der Waals surface area contributed by atoms with E-state index >= 15 is 0 Å². The van der Waals surface area contributed by atoms with E-state index < -0.39 is 12.1 Å². The lowest BCUT2D eigenvalue weighted by Gasteiger charge is -2.15. The van der Waals surface area contributed by atoms with Crippen molar-refractivity contribution in [1.82, 2.24) is 0 Å². The molecule has 58 valence electrons. The summed E-state index contributed by atoms with van der Waals surface area (Å²) in [6.07, 6.45) is -0.648. The van der Waals surface area contributed by atoms with E-state index in [4.69, 9.17) is 5.90 Å². The molecule has 0 aromatic heterocycles. The lowest BCUT2D eigenvalue weighted by atomic mass is 10.1. The number of rotatable bonds is 3. The second-order valence-corrected chi connectivity index (χ2v) is 2.32. The first-order valence-electron chi connectivity index (χ1n) is 3.06. The predicted octanol–water partition coefficient (Wildman–Crippen LogP) is -1.01. The Balaban J connectivity index is 3.93. The lowest BCUT2D eigenvalue weighted by molar-refractivity contribution is -0.150. The third kappa shape index (κ3) is 2.37. The van der Waals surface area contributed by atoms with E-state index in [1.807, 2.05) is 13.8 Å². The molecule has 0 aliphatic heterocycles. The Labute approximate surface area is 61.1 Å². The van der Waals surface area contributed by atoms with Crippen LogP contribution in [0.3, 0.4) is 0 Å². The van der Waals surface area contributed by atoms with Gasteiger partial charge in [0.25, 0.3) is 0 Å². The summed E-state index contributed by atoms with van der Waals surface area (Å²) in [5.74, 6) is 4.46. The minimum Gasteiger partial charge on any atom is -0.541 e. The normalized spacial score (nSPS) is 13.2. The molecule has 0 aliphatic carbocycles. The molecule has 0 aromatic carbocycles. The quantitative estimate of drug-likeness (QED) is 0.408. The average molecular weight is 145 g/mol. The van der Waals surface area contributed by atoms with Crippen molar-refractivity contribution in [3.05, 3.63) is 0 Å². The van der Waals surface area contributed by atoms with E-state index in [0.717, 1.165) is 0 Å². The Hall–Kier alpha value is -0.545. The van der Waals surface area contributed by atoms with E-state index in [2.05, 4.69) is 9.49 Å². The molecule has 0 saturated carbocycles. The molecule has 0 unspecified atom stereocenters. The van der Waals surface area contributed by atoms with Gasteiger partial charge in [0.1, 0.15) is 0 Å². The van der Waals surface area contributed by atoms with Crippen molar-refractivity contribution < 1.29 is 14.3 Å². The third-order valence-corrected chi connectivity index (χ3v) is 1.19. The van der Waals surface area contributed by atoms with Crippen molar-refractivity contribution in [2.24, 2.45) is 11.8 Å². The van der Waals surface area contributed by atoms with Gasteiger partial charge in [0.15, 0.2) is 6.10 Å². The molecule has 0 rings (SSSR count). The highest BCUT2D eigenvalue weighted by molar-refractivity contribution is 6.06. The topological polar surface area (TPSA) is 61.5 Å². The van der Waals surface area contributed by atoms with Crippen LogP contribution in [0, 0.1) is 5.92 Å². The first-order chi connectivity index (χ1) is 4.63. The standard InChI is InChI=1S/C5H12BNO3/c1-3(2)4(10-7)5(8)9-6/h3-4H,6-7H2,1-2H3/t4-/m0/s1. The number of hydrogen-bond donors (Lipinski definition) is 1. The van der Waals surface area contributed by atoms with Crippen LogP contribution in [0.15, 0.2) is 0 Å². The molecule has 1 atom stereocenters. The van der Waals surface area contributed by atoms with Gasteiger partial charge < -0.3 is 4.65 Å². The highest BCUT2D eigenvalue weighted by Crippen LogP contribution is 2.04. The minimum atomic E-state index is -0.648. The van der Waals surface area contributed by atoms with Crippen LogP contribution in [-0.2, 0) is 14.3 Å². The number of carbonyl (C=O) groups is 1. The van der Waals surface area contributed by atoms with Crippen LogP contribution in [0.25, 0.3) is 0 Å². The Morgan fingerprint density at radius 2 is 2.10 bits per heavy atom. The number of nitrogens with two attached hydrogens (primary N) is 1. The number of carbonyl (C=O) groups excluding carboxylic acids is 1. The molecule has 10 heavy (non-hydrogen) atoms. The van der Waals surface area contributed by atoms with Crippen molar-refractivity contribution in [3.8, 4) is 0 Å². The molecule has 4 nitrogen and oxygen atoms in total. The Bertz CT molecular complexity index is 117. The van der Waals surface area contributed by atoms with Gasteiger partial charge in [-0.3, -0.25) is 9.63 Å². The SMILES string of the molecule is BOC(=O)[C@@H](ON)C(C)C. The van der Waals surface area contributed by atoms with E-state index in [9.17, 15) is 4.79 Å². The summed E-state index contributed by atoms with van der Waals surface area (Å²) in [7, 11) is 1.30. The highest BCUT2D eigenvalue weighted by atomic mass is 16.6. The van der Waals surface area contributed by atoms with Crippen LogP contribution in [0.2, 0.25) is 0 Å². The van der Waals surface area contributed by atoms with E-state index in [1.165, 1.54) is 8.05 Å². The maximum atomic E-state index is 10.8. The predicted molar refractivity (Wildman–Crippen MR) is 38.5 cm³/mol. The van der Waals surface area contributed by atoms with Crippen molar-refractivity contribution >= 4 is 14.0 Å². The zero-order valence-electron chi connectivity index (χ0n) is 6.46. The van der Waals surface area contributed by atoms with E-state index in [0.29, 0.717) is 0 Å². The number of hydrogen-bond acceptors (Lipinski definition) is 4. The molecule has 5 heteroatoms. The molecule has 0 aromatic rings. The zero-order valence-corrected chi connectivity index (χ0v) is 6.46. The molecule has 0 saturated heterocycles. The molecule has 0 spiro atoms. The summed E-state index contributed by atoms with van der Waals surface area (Å²) < 4.78 is 4.42. The van der Waals surface area contributed by atoms with Gasteiger partial charge in [-0.2, -0.15) is 0 Å². The van der Waals surface area contributed by atoms with Crippen LogP contribution >= 0.6 is 0 Å². The van der Waals surface area contributed by atoms with Gasteiger partial charge in [-0.25, -0.2) is 5.90 Å². The van der Waals surface area contributed by atoms with Crippen molar-refractivity contribution in [3.63, 3.8) is 0 Å². The van der Waals surface area contributed by atoms with Gasteiger partial charge in [-0.05, 0) is 5.92 Å². The Morgan fingerprint density at radius 1 is 1.60 bits per heavy atom. The maximum Gasteiger partial charge on any atom is 0.326 e. The molecule has 2 N–H and O–H groups in total. The average Bonchev–Trinajstić information content (AvgIpc) is 1.88. The summed E-state index contributed by atoms with van der Waals surface area (Å²) in [4.78, 5) is 15.1. The Kier molecular flexibility index (Phi) is 4.06. The van der Waals surface area contributed by atoms with Crippen molar-refractivity contribution in [1.29, 1.82) is 0 Å². The van der Waals surface area contributed by atoms with Crippen LogP contribution in [0.4, 0.5) is 0 Å². The summed E-state index contributed by atoms with van der Waals surface area (Å²) in [5, 5.41) is 0. The van der Waals surface area contributed by atoms with Gasteiger partial charge in [0.2, 0.25) is 0 Å². The van der Waals surface area contributed by atoms with Gasteiger partial charge in [0.05, 0.1) is 0 Å². The first-order valence-corrected chi connectivity index (χ1v) is 3.06. The molecule has 0 aliphatic rings. The van der Waals surface area contributed by atoms with Crippen LogP contribution in [0.5, 0.6) is 0 Å². The fourth-order valence-corrected chi connectivity index (χ4v) is 0.601. The highest BCUT2D eigenvalue weighted by Gasteiger charge is 2.21. The molecule has 0 fully saturated rings. The van der Waals surface area contributed by atoms with Gasteiger partial charge >= 0.3 is 14.0 Å². The van der Waals surface area contributed by atoms with Crippen LogP contribution < -0.4 is 5.90 Å². The summed E-state index contributed by atoms with van der Waals surface area (Å²) >= 11 is 0. The molecular formula is C5H12BNO3. The largest absolute Gasteiger partial charge is 0.541 e. The fourth-order valence-electron chi connectivity index (χ4n) is 0.601. The van der Waals surface area contributed by atoms with Crippen LogP contribution in [-0.4, -0.2) is 20.1 Å². The lowest BCUT2D eigenvalue weighted by Crippen LogP contribution is -2.33. The van der Waals surface area contributed by atoms with Gasteiger partial charge in [-0.15, -0.1) is 0 Å². The zero-order chi connectivity index (χ0) is 8.15. The molecule has 0 bridgehead atoms. The molecule has 0 heterocycles. The molecule has 0 amide bonds.